The summed E-state index contributed by atoms with van der Waals surface area (Å²) in [6.45, 7) is 12.4. The number of hydrogen-bond donors (Lipinski definition) is 1. The number of aromatic nitrogens is 1. The van der Waals surface area contributed by atoms with Gasteiger partial charge in [0.15, 0.2) is 11.6 Å². The predicted molar refractivity (Wildman–Crippen MR) is 164 cm³/mol. The van der Waals surface area contributed by atoms with E-state index in [1.54, 1.807) is 33.3 Å². The van der Waals surface area contributed by atoms with Crippen molar-refractivity contribution in [1.82, 2.24) is 9.88 Å². The fourth-order valence-corrected chi connectivity index (χ4v) is 6.27. The zero-order valence-electron chi connectivity index (χ0n) is 24.0. The molecule has 0 atom stereocenters. The number of likely N-dealkylation sites (tertiary alicyclic amines) is 1. The number of methoxy groups -OCH3 is 1. The van der Waals surface area contributed by atoms with Crippen LogP contribution in [-0.4, -0.2) is 47.4 Å². The Balaban J connectivity index is 1.47. The smallest absolute Gasteiger partial charge is 0.426 e. The summed E-state index contributed by atoms with van der Waals surface area (Å²) < 4.78 is 43.1. The first-order chi connectivity index (χ1) is 19.3. The van der Waals surface area contributed by atoms with E-state index >= 15 is 8.78 Å². The number of ether oxygens (including phenoxy) is 2. The van der Waals surface area contributed by atoms with Crippen LogP contribution in [0.2, 0.25) is 0 Å². The van der Waals surface area contributed by atoms with Crippen molar-refractivity contribution < 1.29 is 23.0 Å². The molecular weight excluding hydrogens is 634 g/mol. The van der Waals surface area contributed by atoms with Gasteiger partial charge in [0.1, 0.15) is 16.3 Å². The predicted octanol–water partition coefficient (Wildman–Crippen LogP) is 8.10. The number of benzene rings is 2. The zero-order valence-corrected chi connectivity index (χ0v) is 27.2. The normalized spacial score (nSPS) is 14.6. The van der Waals surface area contributed by atoms with Crippen molar-refractivity contribution in [2.75, 3.05) is 29.8 Å². The van der Waals surface area contributed by atoms with Crippen molar-refractivity contribution in [3.05, 3.63) is 68.5 Å². The summed E-state index contributed by atoms with van der Waals surface area (Å²) in [4.78, 5) is 19.0. The zero-order chi connectivity index (χ0) is 29.9. The fourth-order valence-electron chi connectivity index (χ4n) is 4.29. The molecule has 7 nitrogen and oxygen atoms in total. The molecule has 3 aromatic rings. The lowest BCUT2D eigenvalue weighted by atomic mass is 9.84. The van der Waals surface area contributed by atoms with Crippen LogP contribution in [0.25, 0.3) is 0 Å². The van der Waals surface area contributed by atoms with Gasteiger partial charge in [0.05, 0.1) is 21.3 Å². The number of anilines is 2. The maximum Gasteiger partial charge on any atom is 0.426 e. The number of halogens is 3. The molecular formula is C29H35BrF2N4O3S2. The number of nitrogens with zero attached hydrogens (tertiary/aromatic N) is 3. The fraction of sp³-hybridized carbons (Fsp3) is 0.448. The Kier molecular flexibility index (Phi) is 10.0. The number of carbonyl (C=O) groups excluding carboxylic acids is 1. The first-order valence-electron chi connectivity index (χ1n) is 13.1. The molecule has 2 heterocycles. The first-order valence-corrected chi connectivity index (χ1v) is 15.6. The highest BCUT2D eigenvalue weighted by Crippen LogP contribution is 2.39. The van der Waals surface area contributed by atoms with Crippen LogP contribution in [0.3, 0.4) is 0 Å². The summed E-state index contributed by atoms with van der Waals surface area (Å²) in [6, 6.07) is 9.25. The van der Waals surface area contributed by atoms with E-state index < -0.39 is 23.3 Å². The second-order valence-electron chi connectivity index (χ2n) is 11.4. The standard InChI is InChI=1S/C29H35BrF2N4O3S2/c1-28(2,3)39-27(37)36(23-16-40-17-34-23)41-26-21(31)11-22(24(30)25(26)32)33-12-18-9-7-8-10-19(18)13-35-14-20(15-35)29(4,5)38-6/h7-11,16-17,20,33H,12-15H2,1-6H3. The average Bonchev–Trinajstić information content (AvgIpc) is 3.41. The summed E-state index contributed by atoms with van der Waals surface area (Å²) in [5.41, 5.74) is 3.02. The van der Waals surface area contributed by atoms with Gasteiger partial charge >= 0.3 is 6.09 Å². The average molecular weight is 670 g/mol. The highest BCUT2D eigenvalue weighted by atomic mass is 79.9. The molecule has 1 aromatic heterocycles. The number of thiazole rings is 1. The molecule has 0 spiro atoms. The summed E-state index contributed by atoms with van der Waals surface area (Å²) in [7, 11) is 1.75. The van der Waals surface area contributed by atoms with E-state index in [1.807, 2.05) is 18.2 Å². The van der Waals surface area contributed by atoms with Crippen molar-refractivity contribution in [1.29, 1.82) is 0 Å². The highest BCUT2D eigenvalue weighted by Gasteiger charge is 2.39. The minimum Gasteiger partial charge on any atom is -0.443 e. The molecule has 0 radical (unpaired) electrons. The van der Waals surface area contributed by atoms with Crippen LogP contribution in [0.15, 0.2) is 50.6 Å². The Morgan fingerprint density at radius 1 is 1.22 bits per heavy atom. The van der Waals surface area contributed by atoms with Gasteiger partial charge in [0.2, 0.25) is 0 Å². The van der Waals surface area contributed by atoms with E-state index in [0.29, 0.717) is 24.4 Å². The van der Waals surface area contributed by atoms with Crippen LogP contribution in [0.1, 0.15) is 45.7 Å². The lowest BCUT2D eigenvalue weighted by Crippen LogP contribution is -2.55. The van der Waals surface area contributed by atoms with Crippen molar-refractivity contribution in [2.24, 2.45) is 5.92 Å². The van der Waals surface area contributed by atoms with E-state index in [1.165, 1.54) is 22.9 Å². The van der Waals surface area contributed by atoms with E-state index in [-0.39, 0.29) is 26.5 Å². The molecule has 0 bridgehead atoms. The SMILES string of the molecule is COC(C)(C)C1CN(Cc2ccccc2CNc2cc(F)c(SN(C(=O)OC(C)(C)C)c3cscn3)c(F)c2Br)C1. The monoisotopic (exact) mass is 668 g/mol. The Hall–Kier alpha value is -2.25. The van der Waals surface area contributed by atoms with E-state index in [9.17, 15) is 4.79 Å². The highest BCUT2D eigenvalue weighted by molar-refractivity contribution is 9.10. The molecule has 2 aromatic carbocycles. The second kappa shape index (κ2) is 12.9. The molecule has 1 amide bonds. The van der Waals surface area contributed by atoms with Gasteiger partial charge in [0, 0.05) is 56.5 Å². The van der Waals surface area contributed by atoms with Crippen LogP contribution >= 0.6 is 39.2 Å². The van der Waals surface area contributed by atoms with Gasteiger partial charge in [-0.2, -0.15) is 4.31 Å². The molecule has 0 aliphatic carbocycles. The molecule has 4 rings (SSSR count). The molecule has 1 aliphatic rings. The number of rotatable bonds is 10. The third-order valence-electron chi connectivity index (χ3n) is 6.93. The molecule has 0 unspecified atom stereocenters. The van der Waals surface area contributed by atoms with E-state index in [2.05, 4.69) is 51.0 Å². The number of carbonyl (C=O) groups is 1. The van der Waals surface area contributed by atoms with Gasteiger partial charge in [-0.3, -0.25) is 4.90 Å². The van der Waals surface area contributed by atoms with E-state index in [4.69, 9.17) is 9.47 Å². The van der Waals surface area contributed by atoms with Gasteiger partial charge in [-0.15, -0.1) is 11.3 Å². The van der Waals surface area contributed by atoms with Crippen molar-refractivity contribution >= 4 is 56.8 Å². The largest absolute Gasteiger partial charge is 0.443 e. The van der Waals surface area contributed by atoms with Gasteiger partial charge in [-0.05, 0) is 67.7 Å². The Labute approximate surface area is 256 Å². The maximum absolute atomic E-state index is 15.6. The molecule has 41 heavy (non-hydrogen) atoms. The first kappa shape index (κ1) is 31.7. The number of nitrogens with one attached hydrogen (secondary N) is 1. The third kappa shape index (κ3) is 7.78. The molecule has 1 aliphatic heterocycles. The van der Waals surface area contributed by atoms with Crippen LogP contribution in [-0.2, 0) is 22.6 Å². The van der Waals surface area contributed by atoms with E-state index in [0.717, 1.165) is 35.1 Å². The second-order valence-corrected chi connectivity index (χ2v) is 13.9. The molecule has 1 saturated heterocycles. The van der Waals surface area contributed by atoms with Gasteiger partial charge in [-0.25, -0.2) is 18.6 Å². The summed E-state index contributed by atoms with van der Waals surface area (Å²) in [5.74, 6) is -0.954. The van der Waals surface area contributed by atoms with Crippen LogP contribution in [0.5, 0.6) is 0 Å². The lowest BCUT2D eigenvalue weighted by molar-refractivity contribution is -0.0901. The molecule has 1 N–H and O–H groups in total. The van der Waals surface area contributed by atoms with Crippen molar-refractivity contribution in [3.8, 4) is 0 Å². The topological polar surface area (TPSA) is 66.9 Å². The van der Waals surface area contributed by atoms with Crippen molar-refractivity contribution in [3.63, 3.8) is 0 Å². The van der Waals surface area contributed by atoms with Crippen molar-refractivity contribution in [2.45, 2.75) is 63.8 Å². The molecule has 0 saturated carbocycles. The van der Waals surface area contributed by atoms with Crippen LogP contribution in [0.4, 0.5) is 25.1 Å². The molecule has 1 fully saturated rings. The minimum absolute atomic E-state index is 0.0636. The van der Waals surface area contributed by atoms with Crippen LogP contribution < -0.4 is 9.62 Å². The Bertz CT molecular complexity index is 1360. The van der Waals surface area contributed by atoms with Crippen LogP contribution in [0, 0.1) is 17.6 Å². The number of hydrogen-bond acceptors (Lipinski definition) is 8. The van der Waals surface area contributed by atoms with Gasteiger partial charge in [-0.1, -0.05) is 24.3 Å². The lowest BCUT2D eigenvalue weighted by Gasteiger charge is -2.47. The summed E-state index contributed by atoms with van der Waals surface area (Å²) in [6.07, 6.45) is -0.776. The maximum atomic E-state index is 15.6. The van der Waals surface area contributed by atoms with Gasteiger partial charge < -0.3 is 14.8 Å². The summed E-state index contributed by atoms with van der Waals surface area (Å²) in [5, 5.41) is 4.78. The van der Waals surface area contributed by atoms with Gasteiger partial charge in [0.25, 0.3) is 0 Å². The number of amides is 1. The Morgan fingerprint density at radius 2 is 1.90 bits per heavy atom. The molecule has 12 heteroatoms. The molecule has 222 valence electrons. The summed E-state index contributed by atoms with van der Waals surface area (Å²) >= 11 is 5.13. The quantitative estimate of drug-likeness (QED) is 0.173. The Morgan fingerprint density at radius 3 is 2.51 bits per heavy atom. The third-order valence-corrected chi connectivity index (χ3v) is 9.36. The minimum atomic E-state index is -0.832.